The standard InChI is InChI=1S/C25H23NO3/c1-28-23-12-6-11-22(24(23)29-2)25(27)26-19-15-13-18(14-16-19)21-10-5-8-17-7-3-4-9-20(17)21/h4-6,8-16H,3,7H2,1-2H3,(H,26,27). The summed E-state index contributed by atoms with van der Waals surface area (Å²) in [5.74, 6) is 0.706. The number of amides is 1. The number of aryl methyl sites for hydroxylation is 1. The number of hydrogen-bond donors (Lipinski definition) is 1. The molecule has 4 nitrogen and oxygen atoms in total. The number of hydrogen-bond acceptors (Lipinski definition) is 3. The Morgan fingerprint density at radius 2 is 1.72 bits per heavy atom. The number of methoxy groups -OCH3 is 2. The van der Waals surface area contributed by atoms with Crippen LogP contribution in [0.15, 0.2) is 66.7 Å². The van der Waals surface area contributed by atoms with Crippen molar-refractivity contribution in [2.45, 2.75) is 12.8 Å². The third kappa shape index (κ3) is 3.74. The molecule has 0 spiro atoms. The SMILES string of the molecule is COc1cccc(C(=O)Nc2ccc(-c3cccc4c3C=CCC4)cc2)c1OC. The maximum Gasteiger partial charge on any atom is 0.259 e. The molecule has 1 N–H and O–H groups in total. The first-order valence-electron chi connectivity index (χ1n) is 9.62. The zero-order valence-corrected chi connectivity index (χ0v) is 16.6. The molecule has 0 aliphatic heterocycles. The maximum absolute atomic E-state index is 12.8. The largest absolute Gasteiger partial charge is 0.493 e. The van der Waals surface area contributed by atoms with Gasteiger partial charge < -0.3 is 14.8 Å². The molecule has 1 amide bonds. The van der Waals surface area contributed by atoms with Gasteiger partial charge in [-0.1, -0.05) is 48.6 Å². The van der Waals surface area contributed by atoms with Crippen LogP contribution >= 0.6 is 0 Å². The van der Waals surface area contributed by atoms with Crippen molar-refractivity contribution in [1.29, 1.82) is 0 Å². The van der Waals surface area contributed by atoms with Gasteiger partial charge >= 0.3 is 0 Å². The molecule has 3 aromatic rings. The highest BCUT2D eigenvalue weighted by Gasteiger charge is 2.17. The third-order valence-electron chi connectivity index (χ3n) is 5.16. The lowest BCUT2D eigenvalue weighted by molar-refractivity contribution is 0.102. The molecule has 0 radical (unpaired) electrons. The van der Waals surface area contributed by atoms with Crippen LogP contribution in [0.1, 0.15) is 27.9 Å². The van der Waals surface area contributed by atoms with E-state index >= 15 is 0 Å². The summed E-state index contributed by atoms with van der Waals surface area (Å²) in [5.41, 5.74) is 6.17. The van der Waals surface area contributed by atoms with E-state index in [9.17, 15) is 4.79 Å². The van der Waals surface area contributed by atoms with Gasteiger partial charge in [-0.05, 0) is 59.4 Å². The number of carbonyl (C=O) groups excluding carboxylic acids is 1. The molecule has 0 saturated carbocycles. The average Bonchev–Trinajstić information content (AvgIpc) is 2.78. The zero-order chi connectivity index (χ0) is 20.2. The van der Waals surface area contributed by atoms with Crippen LogP contribution in [-0.2, 0) is 6.42 Å². The number of para-hydroxylation sites is 1. The molecule has 0 atom stereocenters. The van der Waals surface area contributed by atoms with Crippen molar-refractivity contribution in [1.82, 2.24) is 0 Å². The van der Waals surface area contributed by atoms with Gasteiger partial charge in [0.05, 0.1) is 19.8 Å². The molecule has 0 unspecified atom stereocenters. The Bertz CT molecular complexity index is 1070. The van der Waals surface area contributed by atoms with Gasteiger partial charge in [-0.15, -0.1) is 0 Å². The van der Waals surface area contributed by atoms with Crippen LogP contribution in [0, 0.1) is 0 Å². The lowest BCUT2D eigenvalue weighted by Crippen LogP contribution is -2.13. The average molecular weight is 385 g/mol. The summed E-state index contributed by atoms with van der Waals surface area (Å²) in [6.07, 6.45) is 6.60. The molecule has 4 rings (SSSR count). The molecular weight excluding hydrogens is 362 g/mol. The molecule has 0 aromatic heterocycles. The molecule has 1 aliphatic carbocycles. The lowest BCUT2D eigenvalue weighted by Gasteiger charge is -2.16. The second-order valence-electron chi connectivity index (χ2n) is 6.89. The maximum atomic E-state index is 12.8. The van der Waals surface area contributed by atoms with E-state index in [0.717, 1.165) is 24.1 Å². The van der Waals surface area contributed by atoms with E-state index in [1.165, 1.54) is 23.8 Å². The van der Waals surface area contributed by atoms with Crippen LogP contribution in [-0.4, -0.2) is 20.1 Å². The Morgan fingerprint density at radius 3 is 2.48 bits per heavy atom. The van der Waals surface area contributed by atoms with Crippen molar-refractivity contribution < 1.29 is 14.3 Å². The Labute approximate surface area is 170 Å². The summed E-state index contributed by atoms with van der Waals surface area (Å²) >= 11 is 0. The van der Waals surface area contributed by atoms with Crippen LogP contribution in [0.5, 0.6) is 11.5 Å². The molecule has 4 heteroatoms. The summed E-state index contributed by atoms with van der Waals surface area (Å²) in [5, 5.41) is 2.94. The number of fused-ring (bicyclic) bond motifs is 1. The van der Waals surface area contributed by atoms with Crippen molar-refractivity contribution in [2.75, 3.05) is 19.5 Å². The smallest absolute Gasteiger partial charge is 0.259 e. The normalized spacial score (nSPS) is 12.2. The Hall–Kier alpha value is -3.53. The highest BCUT2D eigenvalue weighted by molar-refractivity contribution is 6.06. The number of allylic oxidation sites excluding steroid dienone is 1. The first-order valence-corrected chi connectivity index (χ1v) is 9.62. The molecule has 146 valence electrons. The first-order chi connectivity index (χ1) is 14.2. The van der Waals surface area contributed by atoms with E-state index in [2.05, 4.69) is 35.7 Å². The fourth-order valence-corrected chi connectivity index (χ4v) is 3.72. The first kappa shape index (κ1) is 18.8. The zero-order valence-electron chi connectivity index (χ0n) is 16.6. The number of carbonyl (C=O) groups is 1. The summed E-state index contributed by atoms with van der Waals surface area (Å²) in [6.45, 7) is 0. The second kappa shape index (κ2) is 8.23. The molecule has 29 heavy (non-hydrogen) atoms. The minimum atomic E-state index is -0.242. The quantitative estimate of drug-likeness (QED) is 0.623. The van der Waals surface area contributed by atoms with E-state index in [4.69, 9.17) is 9.47 Å². The predicted molar refractivity (Wildman–Crippen MR) is 117 cm³/mol. The topological polar surface area (TPSA) is 47.6 Å². The van der Waals surface area contributed by atoms with Crippen molar-refractivity contribution in [2.24, 2.45) is 0 Å². The van der Waals surface area contributed by atoms with Crippen molar-refractivity contribution >= 4 is 17.7 Å². The van der Waals surface area contributed by atoms with Crippen LogP contribution in [0.4, 0.5) is 5.69 Å². The Balaban J connectivity index is 1.57. The van der Waals surface area contributed by atoms with Crippen molar-refractivity contribution in [3.8, 4) is 22.6 Å². The molecule has 1 aliphatic rings. The third-order valence-corrected chi connectivity index (χ3v) is 5.16. The fourth-order valence-electron chi connectivity index (χ4n) is 3.72. The predicted octanol–water partition coefficient (Wildman–Crippen LogP) is 5.58. The molecule has 0 fully saturated rings. The van der Waals surface area contributed by atoms with Gasteiger partial charge in [0.1, 0.15) is 0 Å². The highest BCUT2D eigenvalue weighted by Crippen LogP contribution is 2.33. The van der Waals surface area contributed by atoms with Gasteiger partial charge in [-0.25, -0.2) is 0 Å². The number of benzene rings is 3. The second-order valence-corrected chi connectivity index (χ2v) is 6.89. The molecule has 0 saturated heterocycles. The van der Waals surface area contributed by atoms with E-state index in [1.807, 2.05) is 24.3 Å². The summed E-state index contributed by atoms with van der Waals surface area (Å²) in [6, 6.07) is 19.6. The van der Waals surface area contributed by atoms with Gasteiger partial charge in [0, 0.05) is 5.69 Å². The van der Waals surface area contributed by atoms with Crippen molar-refractivity contribution in [3.63, 3.8) is 0 Å². The summed E-state index contributed by atoms with van der Waals surface area (Å²) < 4.78 is 10.6. The molecule has 0 heterocycles. The Morgan fingerprint density at radius 1 is 0.931 bits per heavy atom. The van der Waals surface area contributed by atoms with Gasteiger partial charge in [-0.2, -0.15) is 0 Å². The van der Waals surface area contributed by atoms with Crippen molar-refractivity contribution in [3.05, 3.63) is 83.4 Å². The minimum absolute atomic E-state index is 0.242. The van der Waals surface area contributed by atoms with Crippen LogP contribution in [0.2, 0.25) is 0 Å². The Kier molecular flexibility index (Phi) is 5.34. The monoisotopic (exact) mass is 385 g/mol. The minimum Gasteiger partial charge on any atom is -0.493 e. The van der Waals surface area contributed by atoms with Gasteiger partial charge in [0.2, 0.25) is 0 Å². The summed E-state index contributed by atoms with van der Waals surface area (Å²) in [7, 11) is 3.08. The van der Waals surface area contributed by atoms with Gasteiger partial charge in [0.25, 0.3) is 5.91 Å². The number of anilines is 1. The van der Waals surface area contributed by atoms with E-state index in [1.54, 1.807) is 25.3 Å². The number of ether oxygens (including phenoxy) is 2. The van der Waals surface area contributed by atoms with Gasteiger partial charge in [-0.3, -0.25) is 4.79 Å². The van der Waals surface area contributed by atoms with E-state index < -0.39 is 0 Å². The van der Waals surface area contributed by atoms with Crippen LogP contribution in [0.3, 0.4) is 0 Å². The molecule has 0 bridgehead atoms. The van der Waals surface area contributed by atoms with E-state index in [0.29, 0.717) is 17.1 Å². The number of rotatable bonds is 5. The van der Waals surface area contributed by atoms with Gasteiger partial charge in [0.15, 0.2) is 11.5 Å². The van der Waals surface area contributed by atoms with Crippen LogP contribution in [0.25, 0.3) is 17.2 Å². The number of nitrogens with one attached hydrogen (secondary N) is 1. The highest BCUT2D eigenvalue weighted by atomic mass is 16.5. The van der Waals surface area contributed by atoms with E-state index in [-0.39, 0.29) is 5.91 Å². The van der Waals surface area contributed by atoms with Crippen LogP contribution < -0.4 is 14.8 Å². The lowest BCUT2D eigenvalue weighted by atomic mass is 9.90. The molecular formula is C25H23NO3. The molecule has 3 aromatic carbocycles. The fraction of sp³-hybridized carbons (Fsp3) is 0.160. The summed E-state index contributed by atoms with van der Waals surface area (Å²) in [4.78, 5) is 12.8.